The zero-order valence-electron chi connectivity index (χ0n) is 12.8. The molecular weight excluding hydrogens is 254 g/mol. The van der Waals surface area contributed by atoms with Crippen LogP contribution in [0.3, 0.4) is 0 Å². The van der Waals surface area contributed by atoms with Crippen LogP contribution >= 0.6 is 0 Å². The van der Waals surface area contributed by atoms with Crippen molar-refractivity contribution in [2.45, 2.75) is 40.2 Å². The van der Waals surface area contributed by atoms with Crippen molar-refractivity contribution in [3.05, 3.63) is 28.8 Å². The van der Waals surface area contributed by atoms with Crippen molar-refractivity contribution in [2.75, 3.05) is 11.9 Å². The topological polar surface area (TPSA) is 84.2 Å². The lowest BCUT2D eigenvalue weighted by molar-refractivity contribution is -0.127. The van der Waals surface area contributed by atoms with Crippen LogP contribution in [0.5, 0.6) is 0 Å². The number of rotatable bonds is 4. The molecule has 0 atom stereocenters. The molecule has 0 spiro atoms. The Morgan fingerprint density at radius 3 is 2.10 bits per heavy atom. The van der Waals surface area contributed by atoms with Crippen molar-refractivity contribution < 1.29 is 9.59 Å². The molecule has 0 aliphatic carbocycles. The SMILES string of the molecule is Cc1cc(C)c(NC(=O)CNC(=O)C(C)(C)N)c(C)c1. The van der Waals surface area contributed by atoms with Gasteiger partial charge in [-0.1, -0.05) is 17.7 Å². The molecule has 0 unspecified atom stereocenters. The van der Waals surface area contributed by atoms with Crippen LogP contribution in [0.2, 0.25) is 0 Å². The van der Waals surface area contributed by atoms with E-state index in [1.54, 1.807) is 13.8 Å². The van der Waals surface area contributed by atoms with Gasteiger partial charge in [0.25, 0.3) is 0 Å². The number of hydrogen-bond donors (Lipinski definition) is 3. The van der Waals surface area contributed by atoms with Crippen LogP contribution in [0.1, 0.15) is 30.5 Å². The van der Waals surface area contributed by atoms with Crippen molar-refractivity contribution in [3.8, 4) is 0 Å². The summed E-state index contributed by atoms with van der Waals surface area (Å²) in [6.07, 6.45) is 0. The number of nitrogens with one attached hydrogen (secondary N) is 2. The van der Waals surface area contributed by atoms with Gasteiger partial charge in [-0.05, 0) is 45.7 Å². The normalized spacial score (nSPS) is 11.1. The molecule has 110 valence electrons. The summed E-state index contributed by atoms with van der Waals surface area (Å²) in [6, 6.07) is 4.01. The Balaban J connectivity index is 2.67. The van der Waals surface area contributed by atoms with Crippen LogP contribution in [0, 0.1) is 20.8 Å². The van der Waals surface area contributed by atoms with Gasteiger partial charge in [-0.2, -0.15) is 0 Å². The Morgan fingerprint density at radius 1 is 1.15 bits per heavy atom. The van der Waals surface area contributed by atoms with E-state index in [0.29, 0.717) is 0 Å². The summed E-state index contributed by atoms with van der Waals surface area (Å²) in [6.45, 7) is 8.98. The third kappa shape index (κ3) is 4.35. The van der Waals surface area contributed by atoms with E-state index in [4.69, 9.17) is 5.73 Å². The van der Waals surface area contributed by atoms with Gasteiger partial charge in [0.05, 0.1) is 12.1 Å². The number of aryl methyl sites for hydroxylation is 3. The van der Waals surface area contributed by atoms with E-state index >= 15 is 0 Å². The number of hydrogen-bond acceptors (Lipinski definition) is 3. The van der Waals surface area contributed by atoms with E-state index in [1.165, 1.54) is 0 Å². The smallest absolute Gasteiger partial charge is 0.243 e. The zero-order valence-corrected chi connectivity index (χ0v) is 12.8. The number of carbonyl (C=O) groups excluding carboxylic acids is 2. The standard InChI is InChI=1S/C15H23N3O2/c1-9-6-10(2)13(11(3)7-9)18-12(19)8-17-14(20)15(4,5)16/h6-7H,8,16H2,1-5H3,(H,17,20)(H,18,19). The van der Waals surface area contributed by atoms with E-state index in [9.17, 15) is 9.59 Å². The van der Waals surface area contributed by atoms with Gasteiger partial charge in [0, 0.05) is 5.69 Å². The Kier molecular flexibility index (Phi) is 4.89. The highest BCUT2D eigenvalue weighted by Crippen LogP contribution is 2.21. The monoisotopic (exact) mass is 277 g/mol. The van der Waals surface area contributed by atoms with Crippen molar-refractivity contribution in [3.63, 3.8) is 0 Å². The average molecular weight is 277 g/mol. The first-order valence-corrected chi connectivity index (χ1v) is 6.56. The summed E-state index contributed by atoms with van der Waals surface area (Å²) < 4.78 is 0. The Bertz CT molecular complexity index is 507. The lowest BCUT2D eigenvalue weighted by Gasteiger charge is -2.18. The maximum absolute atomic E-state index is 11.9. The molecule has 0 fully saturated rings. The zero-order chi connectivity index (χ0) is 15.5. The highest BCUT2D eigenvalue weighted by molar-refractivity contribution is 5.96. The molecule has 1 aromatic carbocycles. The van der Waals surface area contributed by atoms with Crippen LogP contribution in [-0.4, -0.2) is 23.9 Å². The van der Waals surface area contributed by atoms with Crippen molar-refractivity contribution in [1.29, 1.82) is 0 Å². The van der Waals surface area contributed by atoms with Crippen LogP contribution in [0.15, 0.2) is 12.1 Å². The quantitative estimate of drug-likeness (QED) is 0.778. The van der Waals surface area contributed by atoms with Crippen molar-refractivity contribution >= 4 is 17.5 Å². The first-order chi connectivity index (χ1) is 9.11. The van der Waals surface area contributed by atoms with Gasteiger partial charge in [0.1, 0.15) is 0 Å². The molecule has 5 heteroatoms. The molecule has 0 radical (unpaired) electrons. The molecule has 0 heterocycles. The summed E-state index contributed by atoms with van der Waals surface area (Å²) >= 11 is 0. The summed E-state index contributed by atoms with van der Waals surface area (Å²) in [7, 11) is 0. The third-order valence-corrected chi connectivity index (χ3v) is 2.94. The maximum Gasteiger partial charge on any atom is 0.243 e. The van der Waals surface area contributed by atoms with Crippen LogP contribution < -0.4 is 16.4 Å². The van der Waals surface area contributed by atoms with Crippen LogP contribution in [-0.2, 0) is 9.59 Å². The van der Waals surface area contributed by atoms with E-state index in [0.717, 1.165) is 22.4 Å². The van der Waals surface area contributed by atoms with Gasteiger partial charge in [-0.15, -0.1) is 0 Å². The molecule has 5 nitrogen and oxygen atoms in total. The Morgan fingerprint density at radius 2 is 1.65 bits per heavy atom. The number of benzene rings is 1. The van der Waals surface area contributed by atoms with Gasteiger partial charge in [-0.25, -0.2) is 0 Å². The predicted molar refractivity (Wildman–Crippen MR) is 80.6 cm³/mol. The largest absolute Gasteiger partial charge is 0.345 e. The van der Waals surface area contributed by atoms with Crippen LogP contribution in [0.25, 0.3) is 0 Å². The van der Waals surface area contributed by atoms with E-state index in [-0.39, 0.29) is 18.4 Å². The molecule has 20 heavy (non-hydrogen) atoms. The Labute approximate surface area is 119 Å². The van der Waals surface area contributed by atoms with Gasteiger partial charge in [0.2, 0.25) is 11.8 Å². The second-order valence-electron chi connectivity index (χ2n) is 5.73. The predicted octanol–water partition coefficient (Wildman–Crippen LogP) is 1.40. The minimum absolute atomic E-state index is 0.0911. The number of carbonyl (C=O) groups is 2. The fraction of sp³-hybridized carbons (Fsp3) is 0.467. The van der Waals surface area contributed by atoms with E-state index in [1.807, 2.05) is 32.9 Å². The lowest BCUT2D eigenvalue weighted by atomic mass is 10.1. The Hall–Kier alpha value is -1.88. The van der Waals surface area contributed by atoms with Gasteiger partial charge < -0.3 is 16.4 Å². The fourth-order valence-corrected chi connectivity index (χ4v) is 1.95. The van der Waals surface area contributed by atoms with E-state index < -0.39 is 5.54 Å². The summed E-state index contributed by atoms with van der Waals surface area (Å²) in [5.41, 5.74) is 8.59. The van der Waals surface area contributed by atoms with Gasteiger partial charge >= 0.3 is 0 Å². The lowest BCUT2D eigenvalue weighted by Crippen LogP contribution is -2.50. The molecular formula is C15H23N3O2. The molecule has 1 rings (SSSR count). The first-order valence-electron chi connectivity index (χ1n) is 6.56. The van der Waals surface area contributed by atoms with Gasteiger partial charge in [0.15, 0.2) is 0 Å². The highest BCUT2D eigenvalue weighted by atomic mass is 16.2. The number of anilines is 1. The molecule has 1 aromatic rings. The minimum Gasteiger partial charge on any atom is -0.345 e. The number of nitrogens with two attached hydrogens (primary N) is 1. The van der Waals surface area contributed by atoms with Crippen LogP contribution in [0.4, 0.5) is 5.69 Å². The first kappa shape index (κ1) is 16.2. The second-order valence-corrected chi connectivity index (χ2v) is 5.73. The molecule has 0 saturated heterocycles. The third-order valence-electron chi connectivity index (χ3n) is 2.94. The molecule has 4 N–H and O–H groups in total. The summed E-state index contributed by atoms with van der Waals surface area (Å²) in [4.78, 5) is 23.5. The molecule has 0 aromatic heterocycles. The molecule has 0 saturated carbocycles. The number of amides is 2. The van der Waals surface area contributed by atoms with E-state index in [2.05, 4.69) is 10.6 Å². The summed E-state index contributed by atoms with van der Waals surface area (Å²) in [5, 5.41) is 5.33. The highest BCUT2D eigenvalue weighted by Gasteiger charge is 2.22. The van der Waals surface area contributed by atoms with Crippen molar-refractivity contribution in [1.82, 2.24) is 5.32 Å². The molecule has 0 aliphatic rings. The average Bonchev–Trinajstić information content (AvgIpc) is 2.29. The fourth-order valence-electron chi connectivity index (χ4n) is 1.95. The molecule has 2 amide bonds. The molecule has 0 bridgehead atoms. The van der Waals surface area contributed by atoms with Gasteiger partial charge in [-0.3, -0.25) is 9.59 Å². The summed E-state index contributed by atoms with van der Waals surface area (Å²) in [5.74, 6) is -0.623. The molecule has 0 aliphatic heterocycles. The second kappa shape index (κ2) is 6.05. The van der Waals surface area contributed by atoms with Crippen molar-refractivity contribution in [2.24, 2.45) is 5.73 Å². The maximum atomic E-state index is 11.9. The minimum atomic E-state index is -0.990.